The third kappa shape index (κ3) is 4.92. The SMILES string of the molecule is COc1ccc(C(=O)NNC(=S)NC(=O)c2ccccc2)cc1OC. The van der Waals surface area contributed by atoms with Gasteiger partial charge >= 0.3 is 0 Å². The molecule has 130 valence electrons. The minimum Gasteiger partial charge on any atom is -0.493 e. The Morgan fingerprint density at radius 2 is 1.52 bits per heavy atom. The molecule has 2 amide bonds. The number of hydrazine groups is 1. The monoisotopic (exact) mass is 359 g/mol. The van der Waals surface area contributed by atoms with E-state index in [1.54, 1.807) is 42.5 Å². The number of nitrogens with one attached hydrogen (secondary N) is 3. The van der Waals surface area contributed by atoms with Gasteiger partial charge < -0.3 is 9.47 Å². The number of methoxy groups -OCH3 is 2. The fourth-order valence-electron chi connectivity index (χ4n) is 1.96. The standard InChI is InChI=1S/C17H17N3O4S/c1-23-13-9-8-12(10-14(13)24-2)16(22)19-20-17(25)18-15(21)11-6-4-3-5-7-11/h3-10H,1-2H3,(H,19,22)(H2,18,20,21,25). The number of thiocarbonyl (C=S) groups is 1. The maximum atomic E-state index is 12.1. The number of amides is 2. The van der Waals surface area contributed by atoms with Crippen LogP contribution in [0.25, 0.3) is 0 Å². The molecule has 0 aliphatic heterocycles. The number of carbonyl (C=O) groups is 2. The number of ether oxygens (including phenoxy) is 2. The normalized spacial score (nSPS) is 9.68. The molecule has 0 aromatic heterocycles. The van der Waals surface area contributed by atoms with E-state index in [1.807, 2.05) is 0 Å². The molecule has 8 heteroatoms. The highest BCUT2D eigenvalue weighted by Crippen LogP contribution is 2.27. The zero-order chi connectivity index (χ0) is 18.2. The highest BCUT2D eigenvalue weighted by molar-refractivity contribution is 7.80. The number of hydrogen-bond acceptors (Lipinski definition) is 5. The van der Waals surface area contributed by atoms with E-state index in [4.69, 9.17) is 21.7 Å². The third-order valence-electron chi connectivity index (χ3n) is 3.20. The van der Waals surface area contributed by atoms with Gasteiger partial charge in [-0.3, -0.25) is 25.8 Å². The minimum atomic E-state index is -0.447. The van der Waals surface area contributed by atoms with Crippen LogP contribution in [0.1, 0.15) is 20.7 Å². The Kier molecular flexibility index (Phi) is 6.30. The highest BCUT2D eigenvalue weighted by atomic mass is 32.1. The summed E-state index contributed by atoms with van der Waals surface area (Å²) in [6.07, 6.45) is 0. The molecule has 0 spiro atoms. The molecule has 7 nitrogen and oxygen atoms in total. The molecule has 0 atom stereocenters. The molecular weight excluding hydrogens is 342 g/mol. The van der Waals surface area contributed by atoms with Gasteiger partial charge in [-0.25, -0.2) is 0 Å². The zero-order valence-electron chi connectivity index (χ0n) is 13.7. The summed E-state index contributed by atoms with van der Waals surface area (Å²) in [6.45, 7) is 0. The Hall–Kier alpha value is -3.13. The van der Waals surface area contributed by atoms with Gasteiger partial charge in [0.2, 0.25) is 0 Å². The topological polar surface area (TPSA) is 88.7 Å². The van der Waals surface area contributed by atoms with E-state index in [1.165, 1.54) is 20.3 Å². The second-order valence-electron chi connectivity index (χ2n) is 4.80. The lowest BCUT2D eigenvalue weighted by molar-refractivity contribution is 0.0934. The third-order valence-corrected chi connectivity index (χ3v) is 3.40. The summed E-state index contributed by atoms with van der Waals surface area (Å²) >= 11 is 4.98. The summed E-state index contributed by atoms with van der Waals surface area (Å²) in [5.74, 6) is 0.114. The molecule has 0 aliphatic carbocycles. The van der Waals surface area contributed by atoms with Crippen LogP contribution in [0.5, 0.6) is 11.5 Å². The second kappa shape index (κ2) is 8.65. The van der Waals surface area contributed by atoms with Crippen molar-refractivity contribution >= 4 is 29.1 Å². The van der Waals surface area contributed by atoms with Crippen molar-refractivity contribution in [1.29, 1.82) is 0 Å². The van der Waals surface area contributed by atoms with E-state index in [2.05, 4.69) is 16.2 Å². The van der Waals surface area contributed by atoms with Crippen LogP contribution in [-0.2, 0) is 0 Å². The quantitative estimate of drug-likeness (QED) is 0.568. The van der Waals surface area contributed by atoms with Crippen LogP contribution < -0.4 is 25.6 Å². The van der Waals surface area contributed by atoms with Gasteiger partial charge in [0, 0.05) is 11.1 Å². The zero-order valence-corrected chi connectivity index (χ0v) is 14.5. The first-order chi connectivity index (χ1) is 12.0. The minimum absolute atomic E-state index is 0.0253. The predicted molar refractivity (Wildman–Crippen MR) is 96.7 cm³/mol. The Morgan fingerprint density at radius 1 is 0.840 bits per heavy atom. The lowest BCUT2D eigenvalue weighted by Gasteiger charge is -2.12. The van der Waals surface area contributed by atoms with Crippen molar-refractivity contribution in [3.63, 3.8) is 0 Å². The average Bonchev–Trinajstić information content (AvgIpc) is 2.66. The summed E-state index contributed by atoms with van der Waals surface area (Å²) in [4.78, 5) is 24.1. The van der Waals surface area contributed by atoms with Gasteiger partial charge in [0.05, 0.1) is 14.2 Å². The van der Waals surface area contributed by atoms with Crippen LogP contribution in [0.15, 0.2) is 48.5 Å². The fraction of sp³-hybridized carbons (Fsp3) is 0.118. The molecule has 25 heavy (non-hydrogen) atoms. The van der Waals surface area contributed by atoms with Crippen molar-refractivity contribution in [3.8, 4) is 11.5 Å². The van der Waals surface area contributed by atoms with Crippen molar-refractivity contribution in [1.82, 2.24) is 16.2 Å². The molecule has 0 unspecified atom stereocenters. The van der Waals surface area contributed by atoms with Gasteiger partial charge in [0.15, 0.2) is 16.6 Å². The van der Waals surface area contributed by atoms with Crippen LogP contribution in [0, 0.1) is 0 Å². The number of hydrogen-bond donors (Lipinski definition) is 3. The van der Waals surface area contributed by atoms with Gasteiger partial charge in [0.1, 0.15) is 0 Å². The largest absolute Gasteiger partial charge is 0.493 e. The van der Waals surface area contributed by atoms with Crippen molar-refractivity contribution in [3.05, 3.63) is 59.7 Å². The summed E-state index contributed by atoms with van der Waals surface area (Å²) in [5, 5.41) is 2.44. The van der Waals surface area contributed by atoms with Gasteiger partial charge in [0.25, 0.3) is 11.8 Å². The summed E-state index contributed by atoms with van der Waals surface area (Å²) in [5.41, 5.74) is 5.67. The van der Waals surface area contributed by atoms with Gasteiger partial charge in [-0.2, -0.15) is 0 Å². The van der Waals surface area contributed by atoms with Crippen LogP contribution in [0.3, 0.4) is 0 Å². The summed E-state index contributed by atoms with van der Waals surface area (Å²) in [7, 11) is 2.99. The molecular formula is C17H17N3O4S. The van der Waals surface area contributed by atoms with Gasteiger partial charge in [-0.15, -0.1) is 0 Å². The molecule has 0 saturated heterocycles. The Labute approximate surface area is 150 Å². The molecule has 0 aliphatic rings. The second-order valence-corrected chi connectivity index (χ2v) is 5.21. The molecule has 0 heterocycles. The van der Waals surface area contributed by atoms with E-state index in [9.17, 15) is 9.59 Å². The van der Waals surface area contributed by atoms with Crippen LogP contribution >= 0.6 is 12.2 Å². The smallest absolute Gasteiger partial charge is 0.269 e. The predicted octanol–water partition coefficient (Wildman–Crippen LogP) is 1.65. The van der Waals surface area contributed by atoms with E-state index < -0.39 is 5.91 Å². The van der Waals surface area contributed by atoms with Crippen LogP contribution in [0.2, 0.25) is 0 Å². The molecule has 0 radical (unpaired) electrons. The maximum absolute atomic E-state index is 12.1. The Bertz CT molecular complexity index is 781. The lowest BCUT2D eigenvalue weighted by Crippen LogP contribution is -2.48. The first-order valence-corrected chi connectivity index (χ1v) is 7.64. The van der Waals surface area contributed by atoms with Gasteiger partial charge in [-0.05, 0) is 42.5 Å². The highest BCUT2D eigenvalue weighted by Gasteiger charge is 2.12. The Balaban J connectivity index is 1.91. The van der Waals surface area contributed by atoms with E-state index in [0.29, 0.717) is 22.6 Å². The molecule has 3 N–H and O–H groups in total. The average molecular weight is 359 g/mol. The molecule has 0 bridgehead atoms. The summed E-state index contributed by atoms with van der Waals surface area (Å²) in [6, 6.07) is 13.3. The van der Waals surface area contributed by atoms with Crippen molar-refractivity contribution < 1.29 is 19.1 Å². The number of rotatable bonds is 4. The first kappa shape index (κ1) is 18.2. The number of benzene rings is 2. The van der Waals surface area contributed by atoms with Crippen LogP contribution in [0.4, 0.5) is 0 Å². The molecule has 0 fully saturated rings. The molecule has 2 aromatic rings. The fourth-order valence-corrected chi connectivity index (χ4v) is 2.10. The molecule has 2 aromatic carbocycles. The van der Waals surface area contributed by atoms with Gasteiger partial charge in [-0.1, -0.05) is 18.2 Å². The lowest BCUT2D eigenvalue weighted by atomic mass is 10.2. The Morgan fingerprint density at radius 3 is 2.16 bits per heavy atom. The first-order valence-electron chi connectivity index (χ1n) is 7.24. The summed E-state index contributed by atoms with van der Waals surface area (Å²) < 4.78 is 10.3. The van der Waals surface area contributed by atoms with E-state index in [-0.39, 0.29) is 11.0 Å². The van der Waals surface area contributed by atoms with E-state index >= 15 is 0 Å². The number of carbonyl (C=O) groups excluding carboxylic acids is 2. The van der Waals surface area contributed by atoms with E-state index in [0.717, 1.165) is 0 Å². The maximum Gasteiger partial charge on any atom is 0.269 e. The van der Waals surface area contributed by atoms with Crippen molar-refractivity contribution in [2.75, 3.05) is 14.2 Å². The molecule has 2 rings (SSSR count). The van der Waals surface area contributed by atoms with Crippen molar-refractivity contribution in [2.45, 2.75) is 0 Å². The molecule has 0 saturated carbocycles. The van der Waals surface area contributed by atoms with Crippen molar-refractivity contribution in [2.24, 2.45) is 0 Å². The van der Waals surface area contributed by atoms with Crippen LogP contribution in [-0.4, -0.2) is 31.1 Å².